The van der Waals surface area contributed by atoms with Gasteiger partial charge in [-0.1, -0.05) is 0 Å². The average molecular weight is 228 g/mol. The average Bonchev–Trinajstić information content (AvgIpc) is 2.05. The minimum absolute atomic E-state index is 0. The van der Waals surface area contributed by atoms with Crippen molar-refractivity contribution in [3.05, 3.63) is 24.3 Å². The molecule has 1 N–H and O–H groups in total. The van der Waals surface area contributed by atoms with Crippen LogP contribution >= 0.6 is 11.8 Å². The van der Waals surface area contributed by atoms with Crippen LogP contribution in [0, 0.1) is 0 Å². The van der Waals surface area contributed by atoms with E-state index in [9.17, 15) is 4.21 Å². The Labute approximate surface area is 123 Å². The van der Waals surface area contributed by atoms with Gasteiger partial charge < -0.3 is 5.98 Å². The van der Waals surface area contributed by atoms with Gasteiger partial charge in [0, 0.05) is 4.90 Å². The minimum Gasteiger partial charge on any atom is -1.00 e. The Kier molecular flexibility index (Phi) is 7.46. The number of benzene rings is 1. The second-order valence-corrected chi connectivity index (χ2v) is 3.77. The van der Waals surface area contributed by atoms with Crippen LogP contribution in [-0.4, -0.2) is 15.0 Å². The van der Waals surface area contributed by atoms with Gasteiger partial charge in [-0.05, 0) is 30.5 Å². The second kappa shape index (κ2) is 6.72. The van der Waals surface area contributed by atoms with Crippen LogP contribution in [0.2, 0.25) is 0 Å². The van der Waals surface area contributed by atoms with E-state index < -0.39 is 11.1 Å². The standard InChI is InChI=1S/C7H8O2S2.K.H/c1-10-6-2-4-7(5-3-6)11(8)9;;/h2-5H,1H3,(H,8,9);;/q;+1;-1. The first-order chi connectivity index (χ1) is 5.24. The molecule has 1 aromatic carbocycles. The molecule has 1 unspecified atom stereocenters. The van der Waals surface area contributed by atoms with Gasteiger partial charge in [-0.2, -0.15) is 0 Å². The van der Waals surface area contributed by atoms with Gasteiger partial charge >= 0.3 is 51.4 Å². The van der Waals surface area contributed by atoms with E-state index in [1.165, 1.54) is 0 Å². The van der Waals surface area contributed by atoms with Crippen LogP contribution in [0.15, 0.2) is 34.1 Å². The van der Waals surface area contributed by atoms with Gasteiger partial charge in [-0.3, -0.25) is 0 Å². The third-order valence-corrected chi connectivity index (χ3v) is 2.68. The Balaban J connectivity index is 0. The molecular formula is C7H9KO2S2. The third kappa shape index (κ3) is 4.02. The van der Waals surface area contributed by atoms with Crippen LogP contribution in [0.25, 0.3) is 0 Å². The topological polar surface area (TPSA) is 37.3 Å². The molecule has 0 radical (unpaired) electrons. The van der Waals surface area contributed by atoms with Gasteiger partial charge in [0.25, 0.3) is 0 Å². The SMILES string of the molecule is CSc1ccc(S(=O)O)cc1.[H-].[K+]. The van der Waals surface area contributed by atoms with Crippen LogP contribution in [0.4, 0.5) is 0 Å². The third-order valence-electron chi connectivity index (χ3n) is 1.26. The normalized spacial score (nSPS) is 11.8. The van der Waals surface area contributed by atoms with Crippen molar-refractivity contribution in [3.63, 3.8) is 0 Å². The van der Waals surface area contributed by atoms with Gasteiger partial charge in [-0.25, -0.2) is 4.21 Å². The van der Waals surface area contributed by atoms with Crippen LogP contribution in [0.1, 0.15) is 1.43 Å². The molecule has 1 atom stereocenters. The Bertz CT molecular complexity index is 266. The molecule has 0 aromatic heterocycles. The van der Waals surface area contributed by atoms with E-state index in [2.05, 4.69) is 0 Å². The molecule has 1 rings (SSSR count). The van der Waals surface area contributed by atoms with Gasteiger partial charge in [0.2, 0.25) is 0 Å². The number of thioether (sulfide) groups is 1. The van der Waals surface area contributed by atoms with Crippen molar-refractivity contribution in [2.75, 3.05) is 6.26 Å². The molecule has 0 heterocycles. The molecule has 0 saturated heterocycles. The first-order valence-corrected chi connectivity index (χ1v) is 5.32. The Morgan fingerprint density at radius 2 is 1.92 bits per heavy atom. The fraction of sp³-hybridized carbons (Fsp3) is 0.143. The van der Waals surface area contributed by atoms with Crippen molar-refractivity contribution >= 4 is 22.8 Å². The molecule has 0 aliphatic carbocycles. The largest absolute Gasteiger partial charge is 1.00 e. The molecule has 2 nitrogen and oxygen atoms in total. The van der Waals surface area contributed by atoms with Crippen LogP contribution < -0.4 is 51.4 Å². The van der Waals surface area contributed by atoms with Gasteiger partial charge in [0.05, 0.1) is 4.90 Å². The van der Waals surface area contributed by atoms with Gasteiger partial charge in [-0.15, -0.1) is 11.8 Å². The van der Waals surface area contributed by atoms with Crippen molar-refractivity contribution < 1.29 is 61.6 Å². The zero-order valence-corrected chi connectivity index (χ0v) is 11.7. The molecule has 62 valence electrons. The predicted molar refractivity (Wildman–Crippen MR) is 48.4 cm³/mol. The van der Waals surface area contributed by atoms with Crippen molar-refractivity contribution in [1.29, 1.82) is 0 Å². The van der Waals surface area contributed by atoms with Crippen LogP contribution in [-0.2, 0) is 11.1 Å². The minimum atomic E-state index is -1.85. The van der Waals surface area contributed by atoms with E-state index in [1.807, 2.05) is 18.4 Å². The molecule has 0 spiro atoms. The summed E-state index contributed by atoms with van der Waals surface area (Å²) in [6, 6.07) is 6.96. The summed E-state index contributed by atoms with van der Waals surface area (Å²) in [5.74, 6) is 0. The Morgan fingerprint density at radius 1 is 1.42 bits per heavy atom. The fourth-order valence-electron chi connectivity index (χ4n) is 0.692. The quantitative estimate of drug-likeness (QED) is 0.405. The number of hydrogen-bond donors (Lipinski definition) is 1. The maximum atomic E-state index is 10.5. The van der Waals surface area contributed by atoms with E-state index in [0.29, 0.717) is 4.90 Å². The molecule has 1 aromatic rings. The summed E-state index contributed by atoms with van der Waals surface area (Å²) in [6.07, 6.45) is 1.96. The molecule has 12 heavy (non-hydrogen) atoms. The van der Waals surface area contributed by atoms with E-state index in [0.717, 1.165) is 4.90 Å². The second-order valence-electron chi connectivity index (χ2n) is 1.92. The molecular weight excluding hydrogens is 219 g/mol. The van der Waals surface area contributed by atoms with E-state index in [1.54, 1.807) is 23.9 Å². The van der Waals surface area contributed by atoms with Gasteiger partial charge in [0.15, 0.2) is 11.1 Å². The molecule has 0 aliphatic heterocycles. The monoisotopic (exact) mass is 228 g/mol. The van der Waals surface area contributed by atoms with Crippen molar-refractivity contribution in [3.8, 4) is 0 Å². The first kappa shape index (κ1) is 13.3. The van der Waals surface area contributed by atoms with Crippen molar-refractivity contribution in [1.82, 2.24) is 0 Å². The zero-order chi connectivity index (χ0) is 8.27. The summed E-state index contributed by atoms with van der Waals surface area (Å²) < 4.78 is 19.2. The van der Waals surface area contributed by atoms with E-state index in [-0.39, 0.29) is 52.8 Å². The summed E-state index contributed by atoms with van der Waals surface area (Å²) in [6.45, 7) is 0. The number of rotatable bonds is 2. The summed E-state index contributed by atoms with van der Waals surface area (Å²) in [7, 11) is 0. The predicted octanol–water partition coefficient (Wildman–Crippen LogP) is -0.894. The summed E-state index contributed by atoms with van der Waals surface area (Å²) >= 11 is -0.240. The smallest absolute Gasteiger partial charge is 1.00 e. The summed E-state index contributed by atoms with van der Waals surface area (Å²) in [5.41, 5.74) is 0. The summed E-state index contributed by atoms with van der Waals surface area (Å²) in [4.78, 5) is 1.54. The first-order valence-electron chi connectivity index (χ1n) is 2.99. The Hall–Kier alpha value is 1.32. The van der Waals surface area contributed by atoms with Gasteiger partial charge in [0.1, 0.15) is 0 Å². The van der Waals surface area contributed by atoms with Crippen LogP contribution in [0.5, 0.6) is 0 Å². The fourth-order valence-corrected chi connectivity index (χ4v) is 1.47. The molecule has 0 aliphatic rings. The van der Waals surface area contributed by atoms with Crippen molar-refractivity contribution in [2.24, 2.45) is 0 Å². The maximum absolute atomic E-state index is 10.5. The van der Waals surface area contributed by atoms with E-state index in [4.69, 9.17) is 4.55 Å². The molecule has 0 fully saturated rings. The molecule has 0 saturated carbocycles. The van der Waals surface area contributed by atoms with Crippen LogP contribution in [0.3, 0.4) is 0 Å². The maximum Gasteiger partial charge on any atom is 1.00 e. The Morgan fingerprint density at radius 3 is 2.25 bits per heavy atom. The molecule has 0 amide bonds. The van der Waals surface area contributed by atoms with Crippen molar-refractivity contribution in [2.45, 2.75) is 9.79 Å². The molecule has 5 heteroatoms. The molecule has 0 bridgehead atoms. The zero-order valence-electron chi connectivity index (χ0n) is 7.98. The summed E-state index contributed by atoms with van der Waals surface area (Å²) in [5, 5.41) is 0. The van der Waals surface area contributed by atoms with E-state index >= 15 is 0 Å². The number of hydrogen-bond acceptors (Lipinski definition) is 2.